The van der Waals surface area contributed by atoms with Gasteiger partial charge < -0.3 is 20.5 Å². The number of hydrogen-bond acceptors (Lipinski definition) is 5. The number of aromatic hydroxyl groups is 1. The SMILES string of the molecule is C=CCNC(=O)Nc1ccc(C(=O)N/N=C\c2ccc(O)c(OCC)c2)cc1. The molecule has 2 rings (SSSR count). The van der Waals surface area contributed by atoms with Gasteiger partial charge in [-0.15, -0.1) is 6.58 Å². The van der Waals surface area contributed by atoms with E-state index in [2.05, 4.69) is 27.7 Å². The number of ether oxygens (including phenoxy) is 1. The molecule has 0 aliphatic heterocycles. The van der Waals surface area contributed by atoms with Crippen LogP contribution in [0.4, 0.5) is 10.5 Å². The molecule has 0 spiro atoms. The van der Waals surface area contributed by atoms with Crippen molar-refractivity contribution in [3.8, 4) is 11.5 Å². The molecule has 0 atom stereocenters. The molecule has 8 heteroatoms. The lowest BCUT2D eigenvalue weighted by atomic mass is 10.2. The summed E-state index contributed by atoms with van der Waals surface area (Å²) in [5.74, 6) is -0.0179. The number of rotatable bonds is 8. The highest BCUT2D eigenvalue weighted by atomic mass is 16.5. The van der Waals surface area contributed by atoms with E-state index in [1.807, 2.05) is 6.92 Å². The predicted octanol–water partition coefficient (Wildman–Crippen LogP) is 2.86. The molecule has 4 N–H and O–H groups in total. The van der Waals surface area contributed by atoms with Crippen LogP contribution in [0.2, 0.25) is 0 Å². The molecule has 146 valence electrons. The number of amides is 3. The first kappa shape index (κ1) is 20.5. The van der Waals surface area contributed by atoms with Crippen LogP contribution in [0, 0.1) is 0 Å². The van der Waals surface area contributed by atoms with Gasteiger partial charge in [-0.25, -0.2) is 10.2 Å². The van der Waals surface area contributed by atoms with Crippen LogP contribution in [0.1, 0.15) is 22.8 Å². The highest BCUT2D eigenvalue weighted by Crippen LogP contribution is 2.26. The summed E-state index contributed by atoms with van der Waals surface area (Å²) in [6.45, 7) is 6.11. The Morgan fingerprint density at radius 2 is 1.96 bits per heavy atom. The number of phenolic OH excluding ortho intramolecular Hbond substituents is 1. The van der Waals surface area contributed by atoms with E-state index >= 15 is 0 Å². The molecule has 0 saturated heterocycles. The molecule has 0 fully saturated rings. The average molecular weight is 382 g/mol. The van der Waals surface area contributed by atoms with E-state index in [4.69, 9.17) is 4.74 Å². The number of urea groups is 1. The molecule has 28 heavy (non-hydrogen) atoms. The summed E-state index contributed by atoms with van der Waals surface area (Å²) >= 11 is 0. The Kier molecular flexibility index (Phi) is 7.59. The predicted molar refractivity (Wildman–Crippen MR) is 108 cm³/mol. The van der Waals surface area contributed by atoms with E-state index in [1.165, 1.54) is 12.3 Å². The lowest BCUT2D eigenvalue weighted by Crippen LogP contribution is -2.28. The van der Waals surface area contributed by atoms with Crippen molar-refractivity contribution >= 4 is 23.8 Å². The third-order valence-electron chi connectivity index (χ3n) is 3.48. The van der Waals surface area contributed by atoms with Crippen LogP contribution >= 0.6 is 0 Å². The molecule has 0 unspecified atom stereocenters. The van der Waals surface area contributed by atoms with Crippen molar-refractivity contribution in [3.63, 3.8) is 0 Å². The summed E-state index contributed by atoms with van der Waals surface area (Å²) in [5.41, 5.74) is 4.01. The van der Waals surface area contributed by atoms with Crippen LogP contribution in [0.5, 0.6) is 11.5 Å². The maximum atomic E-state index is 12.1. The van der Waals surface area contributed by atoms with Gasteiger partial charge in [0.25, 0.3) is 5.91 Å². The fourth-order valence-electron chi connectivity index (χ4n) is 2.16. The average Bonchev–Trinajstić information content (AvgIpc) is 2.69. The van der Waals surface area contributed by atoms with Crippen molar-refractivity contribution in [1.82, 2.24) is 10.7 Å². The van der Waals surface area contributed by atoms with Gasteiger partial charge >= 0.3 is 6.03 Å². The van der Waals surface area contributed by atoms with Gasteiger partial charge in [-0.05, 0) is 55.0 Å². The lowest BCUT2D eigenvalue weighted by molar-refractivity contribution is 0.0955. The molecule has 2 aromatic rings. The number of hydrazone groups is 1. The second-order valence-electron chi connectivity index (χ2n) is 5.56. The van der Waals surface area contributed by atoms with Crippen LogP contribution < -0.4 is 20.8 Å². The maximum absolute atomic E-state index is 12.1. The first-order valence-electron chi connectivity index (χ1n) is 8.58. The molecule has 0 aliphatic rings. The van der Waals surface area contributed by atoms with E-state index < -0.39 is 5.91 Å². The van der Waals surface area contributed by atoms with Crippen LogP contribution in [0.15, 0.2) is 60.2 Å². The Morgan fingerprint density at radius 1 is 1.21 bits per heavy atom. The summed E-state index contributed by atoms with van der Waals surface area (Å²) in [4.78, 5) is 23.7. The fourth-order valence-corrected chi connectivity index (χ4v) is 2.16. The standard InChI is InChI=1S/C20H22N4O4/c1-3-11-21-20(27)23-16-8-6-15(7-9-16)19(26)24-22-13-14-5-10-17(25)18(12-14)28-4-2/h3,5-10,12-13,25H,1,4,11H2,2H3,(H,24,26)(H2,21,23,27)/b22-13-. The Labute approximate surface area is 162 Å². The summed E-state index contributed by atoms with van der Waals surface area (Å²) in [6.07, 6.45) is 3.02. The Hall–Kier alpha value is -3.81. The summed E-state index contributed by atoms with van der Waals surface area (Å²) < 4.78 is 5.30. The quantitative estimate of drug-likeness (QED) is 0.319. The number of carbonyl (C=O) groups is 2. The monoisotopic (exact) mass is 382 g/mol. The number of nitrogens with zero attached hydrogens (tertiary/aromatic N) is 1. The Bertz CT molecular complexity index is 863. The van der Waals surface area contributed by atoms with Crippen molar-refractivity contribution in [1.29, 1.82) is 0 Å². The minimum Gasteiger partial charge on any atom is -0.504 e. The van der Waals surface area contributed by atoms with E-state index in [9.17, 15) is 14.7 Å². The normalized spacial score (nSPS) is 10.3. The van der Waals surface area contributed by atoms with Crippen LogP contribution in [-0.4, -0.2) is 36.4 Å². The van der Waals surface area contributed by atoms with Gasteiger partial charge in [-0.1, -0.05) is 6.08 Å². The molecular formula is C20H22N4O4. The topological polar surface area (TPSA) is 112 Å². The lowest BCUT2D eigenvalue weighted by Gasteiger charge is -2.07. The molecular weight excluding hydrogens is 360 g/mol. The van der Waals surface area contributed by atoms with Gasteiger partial charge in [0.1, 0.15) is 0 Å². The fraction of sp³-hybridized carbons (Fsp3) is 0.150. The van der Waals surface area contributed by atoms with Gasteiger partial charge in [-0.2, -0.15) is 5.10 Å². The number of anilines is 1. The molecule has 0 aromatic heterocycles. The second-order valence-corrected chi connectivity index (χ2v) is 5.56. The molecule has 2 aromatic carbocycles. The highest BCUT2D eigenvalue weighted by molar-refractivity contribution is 5.96. The van der Waals surface area contributed by atoms with Gasteiger partial charge in [0.05, 0.1) is 12.8 Å². The first-order chi connectivity index (χ1) is 13.5. The summed E-state index contributed by atoms with van der Waals surface area (Å²) in [5, 5.41) is 18.8. The van der Waals surface area contributed by atoms with Crippen molar-refractivity contribution in [2.75, 3.05) is 18.5 Å². The number of benzene rings is 2. The third kappa shape index (κ3) is 6.17. The van der Waals surface area contributed by atoms with E-state index in [0.29, 0.717) is 35.7 Å². The second kappa shape index (κ2) is 10.4. The highest BCUT2D eigenvalue weighted by Gasteiger charge is 2.06. The molecule has 0 aliphatic carbocycles. The van der Waals surface area contributed by atoms with Crippen molar-refractivity contribution in [3.05, 3.63) is 66.2 Å². The van der Waals surface area contributed by atoms with E-state index in [-0.39, 0.29) is 11.8 Å². The van der Waals surface area contributed by atoms with Crippen LogP contribution in [0.3, 0.4) is 0 Å². The Balaban J connectivity index is 1.92. The zero-order chi connectivity index (χ0) is 20.4. The van der Waals surface area contributed by atoms with E-state index in [0.717, 1.165) is 0 Å². The van der Waals surface area contributed by atoms with Gasteiger partial charge in [0.15, 0.2) is 11.5 Å². The number of phenols is 1. The minimum atomic E-state index is -0.400. The van der Waals surface area contributed by atoms with Crippen molar-refractivity contribution in [2.45, 2.75) is 6.92 Å². The molecule has 0 bridgehead atoms. The van der Waals surface area contributed by atoms with Crippen molar-refractivity contribution in [2.24, 2.45) is 5.10 Å². The summed E-state index contributed by atoms with van der Waals surface area (Å²) in [7, 11) is 0. The maximum Gasteiger partial charge on any atom is 0.319 e. The number of nitrogens with one attached hydrogen (secondary N) is 3. The molecule has 8 nitrogen and oxygen atoms in total. The smallest absolute Gasteiger partial charge is 0.319 e. The zero-order valence-corrected chi connectivity index (χ0v) is 15.4. The van der Waals surface area contributed by atoms with Gasteiger partial charge in [0.2, 0.25) is 0 Å². The zero-order valence-electron chi connectivity index (χ0n) is 15.4. The number of hydrogen-bond donors (Lipinski definition) is 4. The molecule has 0 heterocycles. The van der Waals surface area contributed by atoms with Crippen LogP contribution in [0.25, 0.3) is 0 Å². The molecule has 3 amide bonds. The van der Waals surface area contributed by atoms with E-state index in [1.54, 1.807) is 42.5 Å². The molecule has 0 saturated carbocycles. The minimum absolute atomic E-state index is 0.0370. The van der Waals surface area contributed by atoms with Gasteiger partial charge in [0, 0.05) is 17.8 Å². The van der Waals surface area contributed by atoms with Gasteiger partial charge in [-0.3, -0.25) is 4.79 Å². The first-order valence-corrected chi connectivity index (χ1v) is 8.58. The third-order valence-corrected chi connectivity index (χ3v) is 3.48. The number of carbonyl (C=O) groups excluding carboxylic acids is 2. The summed E-state index contributed by atoms with van der Waals surface area (Å²) in [6, 6.07) is 10.8. The Morgan fingerprint density at radius 3 is 2.64 bits per heavy atom. The largest absolute Gasteiger partial charge is 0.504 e. The molecule has 0 radical (unpaired) electrons. The van der Waals surface area contributed by atoms with Crippen molar-refractivity contribution < 1.29 is 19.4 Å². The van der Waals surface area contributed by atoms with Crippen LogP contribution in [-0.2, 0) is 0 Å².